The van der Waals surface area contributed by atoms with Gasteiger partial charge in [-0.2, -0.15) is 0 Å². The normalized spacial score (nSPS) is 15.6. The van der Waals surface area contributed by atoms with Crippen molar-refractivity contribution in [1.82, 2.24) is 23.6 Å². The second-order valence-electron chi connectivity index (χ2n) is 6.06. The van der Waals surface area contributed by atoms with Gasteiger partial charge in [-0.25, -0.2) is 13.9 Å². The highest BCUT2D eigenvalue weighted by Gasteiger charge is 2.21. The Kier molecular flexibility index (Phi) is 3.21. The molecule has 0 spiro atoms. The number of nitrogens with zero attached hydrogens (tertiary/aromatic N) is 5. The molecule has 23 heavy (non-hydrogen) atoms. The van der Waals surface area contributed by atoms with E-state index in [-0.39, 0.29) is 18.1 Å². The van der Waals surface area contributed by atoms with Gasteiger partial charge in [0.1, 0.15) is 6.54 Å². The first kappa shape index (κ1) is 14.0. The average Bonchev–Trinajstić information content (AvgIpc) is 3.05. The van der Waals surface area contributed by atoms with Gasteiger partial charge < -0.3 is 9.47 Å². The smallest absolute Gasteiger partial charge is 0.341 e. The molecule has 3 heterocycles. The maximum Gasteiger partial charge on any atom is 0.352 e. The second-order valence-corrected chi connectivity index (χ2v) is 6.06. The summed E-state index contributed by atoms with van der Waals surface area (Å²) in [5, 5.41) is 4.37. The molecule has 1 aromatic carbocycles. The summed E-state index contributed by atoms with van der Waals surface area (Å²) >= 11 is 0. The maximum atomic E-state index is 12.7. The number of piperidine rings is 1. The van der Waals surface area contributed by atoms with Crippen LogP contribution >= 0.6 is 0 Å². The molecule has 1 aliphatic heterocycles. The zero-order valence-electron chi connectivity index (χ0n) is 13.1. The van der Waals surface area contributed by atoms with Crippen molar-refractivity contribution in [2.75, 3.05) is 13.1 Å². The summed E-state index contributed by atoms with van der Waals surface area (Å²) in [6.45, 7) is 1.57. The SMILES string of the molecule is Cn1c2ccccc2n2c(=O)n(CC(=O)N3CCCCC3)nc12. The summed E-state index contributed by atoms with van der Waals surface area (Å²) in [4.78, 5) is 26.9. The predicted molar refractivity (Wildman–Crippen MR) is 86.4 cm³/mol. The van der Waals surface area contributed by atoms with Crippen LogP contribution in [0.15, 0.2) is 29.1 Å². The number of rotatable bonds is 2. The molecule has 4 rings (SSSR count). The lowest BCUT2D eigenvalue weighted by Crippen LogP contribution is -2.39. The van der Waals surface area contributed by atoms with Crippen molar-refractivity contribution < 1.29 is 4.79 Å². The van der Waals surface area contributed by atoms with E-state index in [4.69, 9.17) is 0 Å². The molecule has 0 atom stereocenters. The van der Waals surface area contributed by atoms with Crippen molar-refractivity contribution in [3.63, 3.8) is 0 Å². The minimum Gasteiger partial charge on any atom is -0.341 e. The predicted octanol–water partition coefficient (Wildman–Crippen LogP) is 1.00. The molecule has 0 saturated carbocycles. The highest BCUT2D eigenvalue weighted by atomic mass is 16.2. The van der Waals surface area contributed by atoms with Gasteiger partial charge in [0.2, 0.25) is 11.7 Å². The third-order valence-electron chi connectivity index (χ3n) is 4.60. The van der Waals surface area contributed by atoms with Gasteiger partial charge in [-0.05, 0) is 31.4 Å². The summed E-state index contributed by atoms with van der Waals surface area (Å²) < 4.78 is 4.72. The van der Waals surface area contributed by atoms with Crippen molar-refractivity contribution >= 4 is 22.7 Å². The zero-order valence-corrected chi connectivity index (χ0v) is 13.1. The first-order valence-electron chi connectivity index (χ1n) is 7.97. The van der Waals surface area contributed by atoms with Crippen molar-refractivity contribution in [2.24, 2.45) is 7.05 Å². The van der Waals surface area contributed by atoms with Gasteiger partial charge in [-0.15, -0.1) is 5.10 Å². The first-order valence-corrected chi connectivity index (χ1v) is 7.97. The number of carbonyl (C=O) groups is 1. The monoisotopic (exact) mass is 313 g/mol. The van der Waals surface area contributed by atoms with E-state index in [9.17, 15) is 9.59 Å². The van der Waals surface area contributed by atoms with Gasteiger partial charge >= 0.3 is 5.69 Å². The lowest BCUT2D eigenvalue weighted by molar-refractivity contribution is -0.133. The van der Waals surface area contributed by atoms with E-state index < -0.39 is 0 Å². The van der Waals surface area contributed by atoms with Crippen molar-refractivity contribution in [2.45, 2.75) is 25.8 Å². The van der Waals surface area contributed by atoms with Gasteiger partial charge in [0.25, 0.3) is 0 Å². The highest BCUT2D eigenvalue weighted by molar-refractivity contribution is 5.80. The van der Waals surface area contributed by atoms with Crippen LogP contribution in [0.2, 0.25) is 0 Å². The Morgan fingerprint density at radius 3 is 2.57 bits per heavy atom. The molecule has 1 fully saturated rings. The molecule has 2 aromatic heterocycles. The van der Waals surface area contributed by atoms with Gasteiger partial charge in [-0.1, -0.05) is 12.1 Å². The molecule has 3 aromatic rings. The number of carbonyl (C=O) groups excluding carboxylic acids is 1. The third kappa shape index (κ3) is 2.15. The Hall–Kier alpha value is -2.57. The first-order chi connectivity index (χ1) is 11.2. The number of aromatic nitrogens is 4. The van der Waals surface area contributed by atoms with Crippen LogP contribution in [0.5, 0.6) is 0 Å². The summed E-state index contributed by atoms with van der Waals surface area (Å²) in [7, 11) is 1.88. The topological polar surface area (TPSA) is 64.5 Å². The molecule has 0 bridgehead atoms. The molecular formula is C16H19N5O2. The fraction of sp³-hybridized carbons (Fsp3) is 0.438. The number of imidazole rings is 1. The molecule has 0 radical (unpaired) electrons. The Balaban J connectivity index is 1.74. The summed E-state index contributed by atoms with van der Waals surface area (Å²) in [6, 6.07) is 7.67. The lowest BCUT2D eigenvalue weighted by Gasteiger charge is -2.26. The molecule has 7 heteroatoms. The molecular weight excluding hydrogens is 294 g/mol. The van der Waals surface area contributed by atoms with E-state index in [0.29, 0.717) is 5.78 Å². The fourth-order valence-electron chi connectivity index (χ4n) is 3.34. The van der Waals surface area contributed by atoms with Crippen LogP contribution in [-0.2, 0) is 18.4 Å². The Morgan fingerprint density at radius 1 is 1.13 bits per heavy atom. The van der Waals surface area contributed by atoms with Crippen LogP contribution in [0, 0.1) is 0 Å². The standard InChI is InChI=1S/C16H19N5O2/c1-18-12-7-3-4-8-13(12)21-15(18)17-20(16(21)23)11-14(22)19-9-5-2-6-10-19/h3-4,7-8H,2,5-6,9-11H2,1H3. The molecule has 0 aliphatic carbocycles. The summed E-state index contributed by atoms with van der Waals surface area (Å²) in [5.74, 6) is 0.530. The highest BCUT2D eigenvalue weighted by Crippen LogP contribution is 2.16. The van der Waals surface area contributed by atoms with Gasteiger partial charge in [0.15, 0.2) is 0 Å². The number of para-hydroxylation sites is 2. The van der Waals surface area contributed by atoms with Gasteiger partial charge in [-0.3, -0.25) is 4.79 Å². The summed E-state index contributed by atoms with van der Waals surface area (Å²) in [6.07, 6.45) is 3.25. The van der Waals surface area contributed by atoms with Crippen LogP contribution in [0.25, 0.3) is 16.8 Å². The number of hydrogen-bond acceptors (Lipinski definition) is 3. The molecule has 7 nitrogen and oxygen atoms in total. The van der Waals surface area contributed by atoms with Crippen molar-refractivity contribution in [3.05, 3.63) is 34.7 Å². The molecule has 1 aliphatic rings. The average molecular weight is 313 g/mol. The van der Waals surface area contributed by atoms with Crippen molar-refractivity contribution in [3.8, 4) is 0 Å². The fourth-order valence-corrected chi connectivity index (χ4v) is 3.34. The number of aryl methyl sites for hydroxylation is 1. The van der Waals surface area contributed by atoms with E-state index in [1.54, 1.807) is 4.40 Å². The van der Waals surface area contributed by atoms with Crippen LogP contribution in [0.1, 0.15) is 19.3 Å². The number of hydrogen-bond donors (Lipinski definition) is 0. The number of amides is 1. The second kappa shape index (κ2) is 5.26. The molecule has 1 amide bonds. The van der Waals surface area contributed by atoms with Crippen LogP contribution in [-0.4, -0.2) is 42.6 Å². The Morgan fingerprint density at radius 2 is 1.83 bits per heavy atom. The third-order valence-corrected chi connectivity index (χ3v) is 4.60. The van der Waals surface area contributed by atoms with Gasteiger partial charge in [0.05, 0.1) is 11.0 Å². The lowest BCUT2D eigenvalue weighted by atomic mass is 10.1. The summed E-state index contributed by atoms with van der Waals surface area (Å²) in [5.41, 5.74) is 1.50. The molecule has 1 saturated heterocycles. The molecule has 0 unspecified atom stereocenters. The Labute approximate surface area is 132 Å². The van der Waals surface area contributed by atoms with E-state index in [1.165, 1.54) is 11.1 Å². The quantitative estimate of drug-likeness (QED) is 0.709. The van der Waals surface area contributed by atoms with Crippen molar-refractivity contribution in [1.29, 1.82) is 0 Å². The van der Waals surface area contributed by atoms with Crippen LogP contribution < -0.4 is 5.69 Å². The van der Waals surface area contributed by atoms with E-state index >= 15 is 0 Å². The zero-order chi connectivity index (χ0) is 16.0. The van der Waals surface area contributed by atoms with E-state index in [0.717, 1.165) is 37.0 Å². The number of likely N-dealkylation sites (tertiary alicyclic amines) is 1. The number of benzene rings is 1. The van der Waals surface area contributed by atoms with E-state index in [2.05, 4.69) is 5.10 Å². The molecule has 120 valence electrons. The van der Waals surface area contributed by atoms with E-state index in [1.807, 2.05) is 40.8 Å². The minimum absolute atomic E-state index is 0.00877. The van der Waals surface area contributed by atoms with Crippen LogP contribution in [0.4, 0.5) is 0 Å². The molecule has 0 N–H and O–H groups in total. The maximum absolute atomic E-state index is 12.7. The largest absolute Gasteiger partial charge is 0.352 e. The Bertz CT molecular complexity index is 943. The minimum atomic E-state index is -0.262. The number of fused-ring (bicyclic) bond motifs is 3. The van der Waals surface area contributed by atoms with Gasteiger partial charge in [0, 0.05) is 20.1 Å². The van der Waals surface area contributed by atoms with Crippen LogP contribution in [0.3, 0.4) is 0 Å².